The van der Waals surface area contributed by atoms with Crippen molar-refractivity contribution in [2.24, 2.45) is 0 Å². The number of benzene rings is 2. The van der Waals surface area contributed by atoms with Crippen LogP contribution in [0.4, 0.5) is 0 Å². The molecule has 0 bridgehead atoms. The predicted octanol–water partition coefficient (Wildman–Crippen LogP) is 5.22. The van der Waals surface area contributed by atoms with E-state index in [2.05, 4.69) is 49.3 Å². The fourth-order valence-electron chi connectivity index (χ4n) is 4.11. The highest BCUT2D eigenvalue weighted by molar-refractivity contribution is 9.10. The van der Waals surface area contributed by atoms with Crippen molar-refractivity contribution in [3.63, 3.8) is 0 Å². The van der Waals surface area contributed by atoms with Crippen LogP contribution in [-0.4, -0.2) is 34.9 Å². The highest BCUT2D eigenvalue weighted by Gasteiger charge is 2.21. The van der Waals surface area contributed by atoms with Gasteiger partial charge in [0.05, 0.1) is 6.42 Å². The molecule has 0 radical (unpaired) electrons. The second kappa shape index (κ2) is 8.90. The Morgan fingerprint density at radius 3 is 2.66 bits per heavy atom. The summed E-state index contributed by atoms with van der Waals surface area (Å²) in [4.78, 5) is 18.5. The number of aromatic nitrogens is 1. The smallest absolute Gasteiger partial charge is 0.224 e. The van der Waals surface area contributed by atoms with Gasteiger partial charge in [0.2, 0.25) is 5.91 Å². The monoisotopic (exact) mass is 473 g/mol. The summed E-state index contributed by atoms with van der Waals surface area (Å²) in [6.45, 7) is 4.95. The van der Waals surface area contributed by atoms with E-state index in [0.717, 1.165) is 64.1 Å². The van der Waals surface area contributed by atoms with Gasteiger partial charge < -0.3 is 10.3 Å². The number of amides is 1. The van der Waals surface area contributed by atoms with Gasteiger partial charge >= 0.3 is 0 Å². The molecular formula is C23H25BrClN3O. The van der Waals surface area contributed by atoms with Gasteiger partial charge in [0.1, 0.15) is 0 Å². The molecule has 2 heterocycles. The van der Waals surface area contributed by atoms with Gasteiger partial charge in [-0.05, 0) is 61.2 Å². The van der Waals surface area contributed by atoms with E-state index < -0.39 is 0 Å². The van der Waals surface area contributed by atoms with Crippen molar-refractivity contribution in [2.45, 2.75) is 38.8 Å². The molecule has 1 saturated heterocycles. The third kappa shape index (κ3) is 5.03. The topological polar surface area (TPSA) is 48.1 Å². The Labute approximate surface area is 184 Å². The molecule has 0 unspecified atom stereocenters. The molecular weight excluding hydrogens is 450 g/mol. The highest BCUT2D eigenvalue weighted by Crippen LogP contribution is 2.26. The Morgan fingerprint density at radius 2 is 1.93 bits per heavy atom. The van der Waals surface area contributed by atoms with Crippen molar-refractivity contribution in [3.05, 3.63) is 68.8 Å². The first-order valence-corrected chi connectivity index (χ1v) is 11.2. The number of H-pyrrole nitrogens is 1. The Balaban J connectivity index is 1.31. The number of nitrogens with one attached hydrogen (secondary N) is 2. The number of carbonyl (C=O) groups is 1. The first kappa shape index (κ1) is 20.5. The zero-order valence-corrected chi connectivity index (χ0v) is 18.8. The average Bonchev–Trinajstić information content (AvgIpc) is 3.00. The number of aromatic amines is 1. The van der Waals surface area contributed by atoms with Gasteiger partial charge in [-0.1, -0.05) is 39.7 Å². The highest BCUT2D eigenvalue weighted by atomic mass is 79.9. The van der Waals surface area contributed by atoms with E-state index >= 15 is 0 Å². The fraction of sp³-hybridized carbons (Fsp3) is 0.348. The molecule has 29 heavy (non-hydrogen) atoms. The maximum absolute atomic E-state index is 12.7. The minimum Gasteiger partial charge on any atom is -0.358 e. The molecule has 2 aromatic carbocycles. The van der Waals surface area contributed by atoms with Crippen LogP contribution in [0.1, 0.15) is 29.7 Å². The zero-order chi connectivity index (χ0) is 20.4. The second-order valence-corrected chi connectivity index (χ2v) is 9.19. The van der Waals surface area contributed by atoms with Crippen molar-refractivity contribution < 1.29 is 4.79 Å². The maximum Gasteiger partial charge on any atom is 0.224 e. The number of likely N-dealkylation sites (tertiary alicyclic amines) is 1. The number of rotatable bonds is 5. The molecule has 0 spiro atoms. The number of fused-ring (bicyclic) bond motifs is 1. The summed E-state index contributed by atoms with van der Waals surface area (Å²) >= 11 is 9.49. The lowest BCUT2D eigenvalue weighted by atomic mass is 10.0. The van der Waals surface area contributed by atoms with E-state index in [1.807, 2.05) is 31.2 Å². The molecule has 2 N–H and O–H groups in total. The minimum atomic E-state index is 0.102. The Bertz CT molecular complexity index is 1010. The molecule has 0 atom stereocenters. The number of hydrogen-bond acceptors (Lipinski definition) is 2. The van der Waals surface area contributed by atoms with Crippen LogP contribution in [0.3, 0.4) is 0 Å². The Kier molecular flexibility index (Phi) is 6.28. The van der Waals surface area contributed by atoms with Gasteiger partial charge in [-0.15, -0.1) is 0 Å². The summed E-state index contributed by atoms with van der Waals surface area (Å²) < 4.78 is 1.03. The molecule has 4 rings (SSSR count). The van der Waals surface area contributed by atoms with Crippen molar-refractivity contribution in [3.8, 4) is 0 Å². The molecule has 152 valence electrons. The minimum absolute atomic E-state index is 0.102. The molecule has 1 aromatic heterocycles. The lowest BCUT2D eigenvalue weighted by Gasteiger charge is -2.32. The second-order valence-electron chi connectivity index (χ2n) is 7.84. The van der Waals surface area contributed by atoms with Crippen molar-refractivity contribution in [2.75, 3.05) is 13.1 Å². The van der Waals surface area contributed by atoms with Gasteiger partial charge in [0, 0.05) is 51.8 Å². The summed E-state index contributed by atoms with van der Waals surface area (Å²) in [6, 6.07) is 14.4. The summed E-state index contributed by atoms with van der Waals surface area (Å²) in [5, 5.41) is 5.13. The normalized spacial score (nSPS) is 15.7. The molecule has 1 amide bonds. The molecule has 3 aromatic rings. The largest absolute Gasteiger partial charge is 0.358 e. The van der Waals surface area contributed by atoms with Crippen LogP contribution in [-0.2, 0) is 17.8 Å². The number of halogens is 2. The Morgan fingerprint density at radius 1 is 1.21 bits per heavy atom. The zero-order valence-electron chi connectivity index (χ0n) is 16.5. The van der Waals surface area contributed by atoms with Crippen LogP contribution < -0.4 is 5.32 Å². The lowest BCUT2D eigenvalue weighted by Crippen LogP contribution is -2.44. The van der Waals surface area contributed by atoms with Crippen molar-refractivity contribution >= 4 is 44.3 Å². The van der Waals surface area contributed by atoms with Crippen LogP contribution in [0.2, 0.25) is 5.02 Å². The Hall–Kier alpha value is -1.82. The van der Waals surface area contributed by atoms with Crippen molar-refractivity contribution in [1.29, 1.82) is 0 Å². The van der Waals surface area contributed by atoms with E-state index in [-0.39, 0.29) is 11.9 Å². The number of aryl methyl sites for hydroxylation is 1. The molecule has 6 heteroatoms. The summed E-state index contributed by atoms with van der Waals surface area (Å²) in [7, 11) is 0. The van der Waals surface area contributed by atoms with Gasteiger partial charge in [0.25, 0.3) is 0 Å². The third-order valence-corrected chi connectivity index (χ3v) is 6.44. The van der Waals surface area contributed by atoms with E-state index in [1.54, 1.807) is 0 Å². The number of hydrogen-bond donors (Lipinski definition) is 2. The quantitative estimate of drug-likeness (QED) is 0.533. The van der Waals surface area contributed by atoms with Crippen LogP contribution >= 0.6 is 27.5 Å². The van der Waals surface area contributed by atoms with E-state index in [4.69, 9.17) is 11.6 Å². The maximum atomic E-state index is 12.7. The number of piperidine rings is 1. The summed E-state index contributed by atoms with van der Waals surface area (Å²) in [5.74, 6) is 0.102. The molecule has 0 saturated carbocycles. The molecule has 1 fully saturated rings. The van der Waals surface area contributed by atoms with Crippen LogP contribution in [0, 0.1) is 6.92 Å². The first-order valence-electron chi connectivity index (χ1n) is 10.0. The van der Waals surface area contributed by atoms with E-state index in [1.165, 1.54) is 5.56 Å². The van der Waals surface area contributed by atoms with Crippen LogP contribution in [0.25, 0.3) is 10.9 Å². The first-order chi connectivity index (χ1) is 14.0. The number of nitrogens with zero attached hydrogens (tertiary/aromatic N) is 1. The summed E-state index contributed by atoms with van der Waals surface area (Å²) in [5.41, 5.74) is 4.49. The third-order valence-electron chi connectivity index (χ3n) is 5.69. The van der Waals surface area contributed by atoms with Gasteiger partial charge in [-0.25, -0.2) is 0 Å². The van der Waals surface area contributed by atoms with E-state index in [0.29, 0.717) is 6.42 Å². The van der Waals surface area contributed by atoms with Gasteiger partial charge in [-0.2, -0.15) is 0 Å². The predicted molar refractivity (Wildman–Crippen MR) is 122 cm³/mol. The van der Waals surface area contributed by atoms with Gasteiger partial charge in [-0.3, -0.25) is 9.69 Å². The average molecular weight is 475 g/mol. The SMILES string of the molecule is Cc1[nH]c2ccc(Br)cc2c1CC(=O)NC1CCN(Cc2ccc(Cl)cc2)CC1. The fourth-order valence-corrected chi connectivity index (χ4v) is 4.59. The van der Waals surface area contributed by atoms with Gasteiger partial charge in [0.15, 0.2) is 0 Å². The van der Waals surface area contributed by atoms with Crippen LogP contribution in [0.15, 0.2) is 46.9 Å². The van der Waals surface area contributed by atoms with Crippen molar-refractivity contribution in [1.82, 2.24) is 15.2 Å². The lowest BCUT2D eigenvalue weighted by molar-refractivity contribution is -0.121. The molecule has 1 aliphatic rings. The summed E-state index contributed by atoms with van der Waals surface area (Å²) in [6.07, 6.45) is 2.38. The number of carbonyl (C=O) groups excluding carboxylic acids is 1. The molecule has 4 nitrogen and oxygen atoms in total. The molecule has 1 aliphatic heterocycles. The standard InChI is InChI=1S/C23H25BrClN3O/c1-15-20(21-12-17(24)4-7-22(21)26-15)13-23(29)27-19-8-10-28(11-9-19)14-16-2-5-18(25)6-3-16/h2-7,12,19,26H,8-11,13-14H2,1H3,(H,27,29). The van der Waals surface area contributed by atoms with E-state index in [9.17, 15) is 4.79 Å². The molecule has 0 aliphatic carbocycles. The van der Waals surface area contributed by atoms with Crippen LogP contribution in [0.5, 0.6) is 0 Å².